The molecule has 8 heteroatoms. The maximum atomic E-state index is 12.4. The summed E-state index contributed by atoms with van der Waals surface area (Å²) in [5.41, 5.74) is 1.79. The molecule has 0 aliphatic rings. The molecule has 6 nitrogen and oxygen atoms in total. The molecule has 26 heavy (non-hydrogen) atoms. The number of para-hydroxylation sites is 1. The van der Waals surface area contributed by atoms with Gasteiger partial charge in [0, 0.05) is 15.8 Å². The van der Waals surface area contributed by atoms with Crippen molar-refractivity contribution in [2.45, 2.75) is 6.61 Å². The highest BCUT2D eigenvalue weighted by molar-refractivity contribution is 7.09. The standard InChI is InChI=1S/C18H13ClN4O2S/c19-12-4-6-13(7-5-12)25-9-16-21-15(10-26-16)18(24)22-14-3-1-2-11-8-20-23-17(11)14/h1-8,10H,9H2,(H,20,23)(H,22,24). The van der Waals surface area contributed by atoms with Gasteiger partial charge in [-0.25, -0.2) is 4.98 Å². The number of H-pyrrole nitrogens is 1. The van der Waals surface area contributed by atoms with Crippen molar-refractivity contribution < 1.29 is 9.53 Å². The summed E-state index contributed by atoms with van der Waals surface area (Å²) in [5.74, 6) is 0.419. The molecular formula is C18H13ClN4O2S. The largest absolute Gasteiger partial charge is 0.486 e. The van der Waals surface area contributed by atoms with Gasteiger partial charge < -0.3 is 10.1 Å². The van der Waals surface area contributed by atoms with Crippen LogP contribution in [0.15, 0.2) is 54.0 Å². The first-order chi connectivity index (χ1) is 12.7. The number of rotatable bonds is 5. The van der Waals surface area contributed by atoms with Crippen LogP contribution in [0.5, 0.6) is 5.75 Å². The highest BCUT2D eigenvalue weighted by Crippen LogP contribution is 2.22. The summed E-state index contributed by atoms with van der Waals surface area (Å²) in [6, 6.07) is 12.7. The highest BCUT2D eigenvalue weighted by Gasteiger charge is 2.13. The Balaban J connectivity index is 1.43. The van der Waals surface area contributed by atoms with Crippen LogP contribution in [0, 0.1) is 0 Å². The van der Waals surface area contributed by atoms with E-state index in [0.29, 0.717) is 27.2 Å². The molecule has 1 amide bonds. The Bertz CT molecular complexity index is 1060. The molecule has 0 saturated carbocycles. The van der Waals surface area contributed by atoms with Crippen molar-refractivity contribution in [3.05, 3.63) is 69.8 Å². The van der Waals surface area contributed by atoms with Crippen molar-refractivity contribution in [1.29, 1.82) is 0 Å². The van der Waals surface area contributed by atoms with Crippen molar-refractivity contribution in [2.75, 3.05) is 5.32 Å². The molecule has 0 fully saturated rings. The Labute approximate surface area is 157 Å². The summed E-state index contributed by atoms with van der Waals surface area (Å²) < 4.78 is 5.65. The molecule has 0 atom stereocenters. The Morgan fingerprint density at radius 3 is 2.92 bits per heavy atom. The first kappa shape index (κ1) is 16.6. The number of aromatic nitrogens is 3. The molecule has 4 rings (SSSR count). The molecule has 2 aromatic heterocycles. The second-order valence-corrected chi connectivity index (χ2v) is 6.84. The predicted molar refractivity (Wildman–Crippen MR) is 102 cm³/mol. The molecule has 0 aliphatic carbocycles. The molecule has 2 heterocycles. The quantitative estimate of drug-likeness (QED) is 0.530. The first-order valence-electron chi connectivity index (χ1n) is 7.75. The second kappa shape index (κ2) is 7.15. The number of benzene rings is 2. The second-order valence-electron chi connectivity index (χ2n) is 5.46. The fourth-order valence-electron chi connectivity index (χ4n) is 2.42. The minimum absolute atomic E-state index is 0.277. The molecule has 0 unspecified atom stereocenters. The average molecular weight is 385 g/mol. The lowest BCUT2D eigenvalue weighted by atomic mass is 10.2. The summed E-state index contributed by atoms with van der Waals surface area (Å²) in [7, 11) is 0. The Hall–Kier alpha value is -2.90. The fourth-order valence-corrected chi connectivity index (χ4v) is 3.23. The van der Waals surface area contributed by atoms with Crippen LogP contribution in [0.1, 0.15) is 15.5 Å². The van der Waals surface area contributed by atoms with Gasteiger partial charge in [0.1, 0.15) is 23.1 Å². The monoisotopic (exact) mass is 384 g/mol. The van der Waals surface area contributed by atoms with E-state index in [4.69, 9.17) is 16.3 Å². The van der Waals surface area contributed by atoms with Crippen LogP contribution in [-0.2, 0) is 6.61 Å². The normalized spacial score (nSPS) is 10.8. The third-order valence-electron chi connectivity index (χ3n) is 3.69. The van der Waals surface area contributed by atoms with Crippen molar-refractivity contribution >= 4 is 45.4 Å². The zero-order valence-corrected chi connectivity index (χ0v) is 15.0. The molecule has 2 aromatic carbocycles. The van der Waals surface area contributed by atoms with E-state index in [-0.39, 0.29) is 12.5 Å². The van der Waals surface area contributed by atoms with E-state index in [1.165, 1.54) is 11.3 Å². The summed E-state index contributed by atoms with van der Waals surface area (Å²) in [5, 5.41) is 13.7. The van der Waals surface area contributed by atoms with Crippen LogP contribution < -0.4 is 10.1 Å². The summed E-state index contributed by atoms with van der Waals surface area (Å²) >= 11 is 7.22. The Morgan fingerprint density at radius 1 is 1.23 bits per heavy atom. The number of amides is 1. The smallest absolute Gasteiger partial charge is 0.275 e. The van der Waals surface area contributed by atoms with Gasteiger partial charge in [-0.15, -0.1) is 11.3 Å². The average Bonchev–Trinajstić information content (AvgIpc) is 3.31. The number of nitrogens with one attached hydrogen (secondary N) is 2. The molecule has 4 aromatic rings. The summed E-state index contributed by atoms with van der Waals surface area (Å²) in [6.07, 6.45) is 1.71. The van der Waals surface area contributed by atoms with Gasteiger partial charge in [0.05, 0.1) is 17.4 Å². The van der Waals surface area contributed by atoms with Gasteiger partial charge in [-0.1, -0.05) is 23.7 Å². The minimum Gasteiger partial charge on any atom is -0.486 e. The maximum Gasteiger partial charge on any atom is 0.275 e. The van der Waals surface area contributed by atoms with E-state index >= 15 is 0 Å². The third-order valence-corrected chi connectivity index (χ3v) is 4.76. The molecule has 0 spiro atoms. The van der Waals surface area contributed by atoms with Gasteiger partial charge in [-0.3, -0.25) is 9.89 Å². The van der Waals surface area contributed by atoms with E-state index in [9.17, 15) is 4.79 Å². The first-order valence-corrected chi connectivity index (χ1v) is 9.01. The molecule has 0 saturated heterocycles. The minimum atomic E-state index is -0.277. The van der Waals surface area contributed by atoms with Crippen molar-refractivity contribution in [1.82, 2.24) is 15.2 Å². The van der Waals surface area contributed by atoms with Gasteiger partial charge in [-0.2, -0.15) is 5.10 Å². The van der Waals surface area contributed by atoms with E-state index in [0.717, 1.165) is 10.9 Å². The van der Waals surface area contributed by atoms with Gasteiger partial charge in [-0.05, 0) is 30.3 Å². The lowest BCUT2D eigenvalue weighted by Gasteiger charge is -2.04. The topological polar surface area (TPSA) is 79.9 Å². The molecular weight excluding hydrogens is 372 g/mol. The summed E-state index contributed by atoms with van der Waals surface area (Å²) in [6.45, 7) is 0.287. The zero-order chi connectivity index (χ0) is 17.9. The van der Waals surface area contributed by atoms with Crippen LogP contribution in [0.25, 0.3) is 10.9 Å². The number of carbonyl (C=O) groups excluding carboxylic acids is 1. The number of ether oxygens (including phenoxy) is 1. The number of carbonyl (C=O) groups is 1. The van der Waals surface area contributed by atoms with Crippen molar-refractivity contribution in [3.63, 3.8) is 0 Å². The predicted octanol–water partition coefficient (Wildman–Crippen LogP) is 4.50. The fraction of sp³-hybridized carbons (Fsp3) is 0.0556. The van der Waals surface area contributed by atoms with Crippen LogP contribution in [0.2, 0.25) is 5.02 Å². The molecule has 130 valence electrons. The molecule has 0 bridgehead atoms. The number of fused-ring (bicyclic) bond motifs is 1. The van der Waals surface area contributed by atoms with Crippen LogP contribution in [0.4, 0.5) is 5.69 Å². The molecule has 0 radical (unpaired) electrons. The number of hydrogen-bond donors (Lipinski definition) is 2. The van der Waals surface area contributed by atoms with Gasteiger partial charge in [0.25, 0.3) is 5.91 Å². The van der Waals surface area contributed by atoms with Crippen LogP contribution in [0.3, 0.4) is 0 Å². The van der Waals surface area contributed by atoms with Crippen LogP contribution in [-0.4, -0.2) is 21.1 Å². The number of thiazole rings is 1. The van der Waals surface area contributed by atoms with Gasteiger partial charge >= 0.3 is 0 Å². The Morgan fingerprint density at radius 2 is 2.08 bits per heavy atom. The van der Waals surface area contributed by atoms with E-state index in [2.05, 4.69) is 20.5 Å². The van der Waals surface area contributed by atoms with Gasteiger partial charge in [0.15, 0.2) is 0 Å². The number of nitrogens with zero attached hydrogens (tertiary/aromatic N) is 2. The van der Waals surface area contributed by atoms with Gasteiger partial charge in [0.2, 0.25) is 0 Å². The molecule has 2 N–H and O–H groups in total. The van der Waals surface area contributed by atoms with E-state index in [1.54, 1.807) is 35.8 Å². The van der Waals surface area contributed by atoms with Crippen molar-refractivity contribution in [3.8, 4) is 5.75 Å². The molecule has 0 aliphatic heterocycles. The number of aromatic amines is 1. The lowest BCUT2D eigenvalue weighted by molar-refractivity contribution is 0.102. The maximum absolute atomic E-state index is 12.4. The van der Waals surface area contributed by atoms with E-state index in [1.807, 2.05) is 18.2 Å². The Kier molecular flexibility index (Phi) is 4.55. The van der Waals surface area contributed by atoms with Crippen LogP contribution >= 0.6 is 22.9 Å². The zero-order valence-electron chi connectivity index (χ0n) is 13.4. The number of hydrogen-bond acceptors (Lipinski definition) is 5. The van der Waals surface area contributed by atoms with Crippen molar-refractivity contribution in [2.24, 2.45) is 0 Å². The number of anilines is 1. The van der Waals surface area contributed by atoms with E-state index < -0.39 is 0 Å². The number of halogens is 1. The lowest BCUT2D eigenvalue weighted by Crippen LogP contribution is -2.13. The summed E-state index contributed by atoms with van der Waals surface area (Å²) in [4.78, 5) is 16.8. The SMILES string of the molecule is O=C(Nc1cccc2cn[nH]c12)c1csc(COc2ccc(Cl)cc2)n1. The third kappa shape index (κ3) is 3.54. The highest BCUT2D eigenvalue weighted by atomic mass is 35.5.